The van der Waals surface area contributed by atoms with E-state index in [9.17, 15) is 4.79 Å². The van der Waals surface area contributed by atoms with Crippen molar-refractivity contribution < 1.29 is 14.6 Å². The summed E-state index contributed by atoms with van der Waals surface area (Å²) in [5.74, 6) is 1.95. The van der Waals surface area contributed by atoms with Crippen LogP contribution in [-0.4, -0.2) is 25.7 Å². The largest absolute Gasteiger partial charge is 0.464 e. The molecule has 0 atom stereocenters. The lowest BCUT2D eigenvalue weighted by molar-refractivity contribution is 0.197. The number of benzene rings is 1. The van der Waals surface area contributed by atoms with Crippen molar-refractivity contribution in [2.45, 2.75) is 26.4 Å². The molecule has 3 heterocycles. The van der Waals surface area contributed by atoms with Gasteiger partial charge in [-0.2, -0.15) is 4.98 Å². The van der Waals surface area contributed by atoms with Gasteiger partial charge in [0.25, 0.3) is 0 Å². The van der Waals surface area contributed by atoms with E-state index in [0.29, 0.717) is 23.7 Å². The topological polar surface area (TPSA) is 89.3 Å². The lowest BCUT2D eigenvalue weighted by atomic mass is 10.2. The summed E-state index contributed by atoms with van der Waals surface area (Å²) < 4.78 is 7.17. The lowest BCUT2D eigenvalue weighted by Crippen LogP contribution is -2.05. The Morgan fingerprint density at radius 2 is 2.21 bits per heavy atom. The SMILES string of the molecule is CCc1nc2c(c(Oc3ccc4c(ccn4C(=O)O)c3)n1)CNC2. The Bertz CT molecular complexity index is 948. The fraction of sp³-hybridized carbons (Fsp3) is 0.235. The van der Waals surface area contributed by atoms with Crippen LogP contribution in [0.5, 0.6) is 11.6 Å². The zero-order valence-corrected chi connectivity index (χ0v) is 13.1. The molecule has 0 bridgehead atoms. The summed E-state index contributed by atoms with van der Waals surface area (Å²) in [6.45, 7) is 3.42. The van der Waals surface area contributed by atoms with Gasteiger partial charge < -0.3 is 15.2 Å². The average Bonchev–Trinajstić information content (AvgIpc) is 3.20. The van der Waals surface area contributed by atoms with Gasteiger partial charge in [-0.15, -0.1) is 0 Å². The molecule has 0 saturated carbocycles. The fourth-order valence-corrected chi connectivity index (χ4v) is 2.89. The Morgan fingerprint density at radius 1 is 1.33 bits per heavy atom. The highest BCUT2D eigenvalue weighted by molar-refractivity contribution is 5.89. The van der Waals surface area contributed by atoms with Crippen LogP contribution in [-0.2, 0) is 19.5 Å². The van der Waals surface area contributed by atoms with Gasteiger partial charge in [-0.25, -0.2) is 9.78 Å². The van der Waals surface area contributed by atoms with Crippen molar-refractivity contribution in [1.29, 1.82) is 0 Å². The zero-order valence-electron chi connectivity index (χ0n) is 13.1. The molecule has 3 aromatic rings. The van der Waals surface area contributed by atoms with Gasteiger partial charge in [0.1, 0.15) is 11.6 Å². The third kappa shape index (κ3) is 2.39. The van der Waals surface area contributed by atoms with E-state index in [-0.39, 0.29) is 0 Å². The molecule has 7 nitrogen and oxygen atoms in total. The summed E-state index contributed by atoms with van der Waals surface area (Å²) in [7, 11) is 0. The normalized spacial score (nSPS) is 13.2. The number of aryl methyl sites for hydroxylation is 1. The van der Waals surface area contributed by atoms with Gasteiger partial charge in [-0.1, -0.05) is 6.92 Å². The second-order valence-corrected chi connectivity index (χ2v) is 5.62. The van der Waals surface area contributed by atoms with Crippen LogP contribution in [0.1, 0.15) is 24.0 Å². The zero-order chi connectivity index (χ0) is 16.7. The molecule has 7 heteroatoms. The number of carbonyl (C=O) groups is 1. The average molecular weight is 324 g/mol. The van der Waals surface area contributed by atoms with E-state index in [4.69, 9.17) is 9.84 Å². The summed E-state index contributed by atoms with van der Waals surface area (Å²) >= 11 is 0. The van der Waals surface area contributed by atoms with E-state index in [1.165, 1.54) is 10.8 Å². The van der Waals surface area contributed by atoms with E-state index in [0.717, 1.165) is 35.4 Å². The smallest absolute Gasteiger partial charge is 0.415 e. The molecule has 1 aromatic carbocycles. The first-order valence-corrected chi connectivity index (χ1v) is 7.77. The molecule has 0 radical (unpaired) electrons. The number of hydrogen-bond donors (Lipinski definition) is 2. The van der Waals surface area contributed by atoms with Crippen LogP contribution < -0.4 is 10.1 Å². The van der Waals surface area contributed by atoms with Crippen LogP contribution in [0.15, 0.2) is 30.5 Å². The standard InChI is InChI=1S/C17H16N4O3/c1-2-15-19-13-9-18-8-12(13)16(20-15)24-11-3-4-14-10(7-11)5-6-21(14)17(22)23/h3-7,18H,2,8-9H2,1H3,(H,22,23). The minimum absolute atomic E-state index is 0.568. The maximum Gasteiger partial charge on any atom is 0.415 e. The highest BCUT2D eigenvalue weighted by Crippen LogP contribution is 2.30. The Balaban J connectivity index is 1.72. The third-order valence-corrected chi connectivity index (χ3v) is 4.09. The fourth-order valence-electron chi connectivity index (χ4n) is 2.89. The molecule has 0 saturated heterocycles. The van der Waals surface area contributed by atoms with E-state index in [1.54, 1.807) is 18.2 Å². The van der Waals surface area contributed by atoms with Crippen molar-refractivity contribution in [3.05, 3.63) is 47.5 Å². The molecule has 24 heavy (non-hydrogen) atoms. The third-order valence-electron chi connectivity index (χ3n) is 4.09. The van der Waals surface area contributed by atoms with Gasteiger partial charge in [0, 0.05) is 31.1 Å². The monoisotopic (exact) mass is 324 g/mol. The highest BCUT2D eigenvalue weighted by atomic mass is 16.5. The Labute approximate surface area is 137 Å². The summed E-state index contributed by atoms with van der Waals surface area (Å²) in [4.78, 5) is 20.2. The quantitative estimate of drug-likeness (QED) is 0.770. The molecule has 2 N–H and O–H groups in total. The molecule has 0 aliphatic carbocycles. The van der Waals surface area contributed by atoms with Crippen LogP contribution in [0.2, 0.25) is 0 Å². The molecule has 0 fully saturated rings. The Kier molecular flexibility index (Phi) is 3.42. The van der Waals surface area contributed by atoms with Crippen molar-refractivity contribution in [2.24, 2.45) is 0 Å². The number of ether oxygens (including phenoxy) is 1. The van der Waals surface area contributed by atoms with Crippen LogP contribution in [0.25, 0.3) is 10.9 Å². The molecule has 0 spiro atoms. The second-order valence-electron chi connectivity index (χ2n) is 5.62. The van der Waals surface area contributed by atoms with Gasteiger partial charge in [-0.05, 0) is 24.3 Å². The Morgan fingerprint density at radius 3 is 3.00 bits per heavy atom. The number of nitrogens with zero attached hydrogens (tertiary/aromatic N) is 3. The van der Waals surface area contributed by atoms with Gasteiger partial charge in [0.2, 0.25) is 5.88 Å². The summed E-state index contributed by atoms with van der Waals surface area (Å²) in [6.07, 6.45) is 1.26. The minimum atomic E-state index is -1.01. The maximum atomic E-state index is 11.2. The summed E-state index contributed by atoms with van der Waals surface area (Å²) in [6, 6.07) is 7.06. The van der Waals surface area contributed by atoms with Gasteiger partial charge in [0.15, 0.2) is 0 Å². The molecule has 0 amide bonds. The lowest BCUT2D eigenvalue weighted by Gasteiger charge is -2.10. The second kappa shape index (κ2) is 5.61. The van der Waals surface area contributed by atoms with Gasteiger partial charge >= 0.3 is 6.09 Å². The first kappa shape index (κ1) is 14.6. The van der Waals surface area contributed by atoms with Crippen molar-refractivity contribution in [3.8, 4) is 11.6 Å². The van der Waals surface area contributed by atoms with Crippen LogP contribution in [0.3, 0.4) is 0 Å². The highest BCUT2D eigenvalue weighted by Gasteiger charge is 2.20. The first-order chi connectivity index (χ1) is 11.7. The molecular weight excluding hydrogens is 308 g/mol. The van der Waals surface area contributed by atoms with Crippen LogP contribution in [0, 0.1) is 0 Å². The molecule has 1 aliphatic rings. The minimum Gasteiger partial charge on any atom is -0.464 e. The van der Waals surface area contributed by atoms with E-state index in [2.05, 4.69) is 15.3 Å². The van der Waals surface area contributed by atoms with Crippen LogP contribution in [0.4, 0.5) is 4.79 Å². The molecule has 1 aliphatic heterocycles. The van der Waals surface area contributed by atoms with Crippen molar-refractivity contribution in [3.63, 3.8) is 0 Å². The first-order valence-electron chi connectivity index (χ1n) is 7.77. The summed E-state index contributed by atoms with van der Waals surface area (Å²) in [5.41, 5.74) is 2.59. The molecule has 2 aromatic heterocycles. The van der Waals surface area contributed by atoms with Gasteiger partial charge in [0.05, 0.1) is 16.8 Å². The molecular formula is C17H16N4O3. The Hall–Kier alpha value is -2.93. The van der Waals surface area contributed by atoms with Crippen molar-refractivity contribution in [2.75, 3.05) is 0 Å². The number of carboxylic acid groups (broad SMARTS) is 1. The number of hydrogen-bond acceptors (Lipinski definition) is 5. The van der Waals surface area contributed by atoms with E-state index < -0.39 is 6.09 Å². The van der Waals surface area contributed by atoms with Crippen LogP contribution >= 0.6 is 0 Å². The molecule has 122 valence electrons. The number of rotatable bonds is 3. The summed E-state index contributed by atoms with van der Waals surface area (Å²) in [5, 5.41) is 13.2. The maximum absolute atomic E-state index is 11.2. The van der Waals surface area contributed by atoms with Crippen molar-refractivity contribution >= 4 is 17.0 Å². The van der Waals surface area contributed by atoms with E-state index in [1.807, 2.05) is 13.0 Å². The predicted octanol–water partition coefficient (Wildman–Crippen LogP) is 2.92. The van der Waals surface area contributed by atoms with Crippen molar-refractivity contribution in [1.82, 2.24) is 19.9 Å². The number of aromatic nitrogens is 3. The number of nitrogens with one attached hydrogen (secondary N) is 1. The number of fused-ring (bicyclic) bond motifs is 2. The van der Waals surface area contributed by atoms with E-state index >= 15 is 0 Å². The molecule has 4 rings (SSSR count). The predicted molar refractivity (Wildman–Crippen MR) is 87.4 cm³/mol. The van der Waals surface area contributed by atoms with Gasteiger partial charge in [-0.3, -0.25) is 4.57 Å². The molecule has 0 unspecified atom stereocenters.